The molecule has 2 rings (SSSR count). The second kappa shape index (κ2) is 6.77. The van der Waals surface area contributed by atoms with Gasteiger partial charge in [-0.15, -0.1) is 11.8 Å². The van der Waals surface area contributed by atoms with Crippen LogP contribution >= 0.6 is 23.4 Å². The van der Waals surface area contributed by atoms with Crippen molar-refractivity contribution in [2.75, 3.05) is 5.32 Å². The fourth-order valence-corrected chi connectivity index (χ4v) is 2.73. The second-order valence-electron chi connectivity index (χ2n) is 4.19. The Morgan fingerprint density at radius 2 is 1.95 bits per heavy atom. The minimum atomic E-state index is -0.461. The monoisotopic (exact) mass is 309 g/mol. The summed E-state index contributed by atoms with van der Waals surface area (Å²) < 4.78 is 13.1. The zero-order valence-corrected chi connectivity index (χ0v) is 12.3. The van der Waals surface area contributed by atoms with Gasteiger partial charge >= 0.3 is 0 Å². The Hall–Kier alpha value is -1.52. The maximum Gasteiger partial charge on any atom is 0.237 e. The molecule has 0 heterocycles. The highest BCUT2D eigenvalue weighted by atomic mass is 35.5. The highest BCUT2D eigenvalue weighted by Gasteiger charge is 2.15. The summed E-state index contributed by atoms with van der Waals surface area (Å²) >= 11 is 7.05. The number of hydrogen-bond acceptors (Lipinski definition) is 2. The van der Waals surface area contributed by atoms with E-state index in [4.69, 9.17) is 11.6 Å². The van der Waals surface area contributed by atoms with Crippen LogP contribution in [0.25, 0.3) is 0 Å². The van der Waals surface area contributed by atoms with Crippen LogP contribution in [0.3, 0.4) is 0 Å². The first-order valence-electron chi connectivity index (χ1n) is 6.04. The predicted octanol–water partition coefficient (Wildman–Crippen LogP) is 4.60. The zero-order valence-electron chi connectivity index (χ0n) is 10.8. The lowest BCUT2D eigenvalue weighted by atomic mass is 10.3. The number of anilines is 1. The molecule has 0 aliphatic rings. The molecule has 104 valence electrons. The predicted molar refractivity (Wildman–Crippen MR) is 81.8 cm³/mol. The topological polar surface area (TPSA) is 29.1 Å². The molecule has 0 spiro atoms. The Kier molecular flexibility index (Phi) is 5.04. The van der Waals surface area contributed by atoms with Crippen LogP contribution in [-0.2, 0) is 4.79 Å². The molecule has 0 aromatic heterocycles. The fraction of sp³-hybridized carbons (Fsp3) is 0.133. The molecule has 0 aliphatic carbocycles. The van der Waals surface area contributed by atoms with E-state index in [-0.39, 0.29) is 16.2 Å². The lowest BCUT2D eigenvalue weighted by molar-refractivity contribution is -0.115. The summed E-state index contributed by atoms with van der Waals surface area (Å²) in [5.74, 6) is -0.570. The van der Waals surface area contributed by atoms with Crippen LogP contribution in [0.2, 0.25) is 5.02 Å². The molecule has 1 N–H and O–H groups in total. The molecular formula is C15H13ClFNOS. The average Bonchev–Trinajstić information content (AvgIpc) is 2.44. The summed E-state index contributed by atoms with van der Waals surface area (Å²) in [6, 6.07) is 13.7. The molecule has 2 nitrogen and oxygen atoms in total. The number of carbonyl (C=O) groups excluding carboxylic acids is 1. The quantitative estimate of drug-likeness (QED) is 0.836. The Labute approximate surface area is 126 Å². The minimum Gasteiger partial charge on any atom is -0.325 e. The average molecular weight is 310 g/mol. The van der Waals surface area contributed by atoms with Crippen LogP contribution in [0.4, 0.5) is 10.1 Å². The zero-order chi connectivity index (χ0) is 14.5. The van der Waals surface area contributed by atoms with E-state index in [1.807, 2.05) is 30.3 Å². The van der Waals surface area contributed by atoms with Gasteiger partial charge in [-0.25, -0.2) is 4.39 Å². The summed E-state index contributed by atoms with van der Waals surface area (Å²) in [6.45, 7) is 1.79. The largest absolute Gasteiger partial charge is 0.325 e. The number of halogens is 2. The van der Waals surface area contributed by atoms with Crippen LogP contribution in [0.15, 0.2) is 53.4 Å². The fourth-order valence-electron chi connectivity index (χ4n) is 1.57. The van der Waals surface area contributed by atoms with E-state index in [0.717, 1.165) is 10.6 Å². The van der Waals surface area contributed by atoms with Crippen LogP contribution in [0.5, 0.6) is 0 Å². The van der Waals surface area contributed by atoms with Gasteiger partial charge in [-0.1, -0.05) is 29.8 Å². The van der Waals surface area contributed by atoms with Crippen molar-refractivity contribution in [3.8, 4) is 0 Å². The van der Waals surface area contributed by atoms with Crippen LogP contribution in [0, 0.1) is 5.82 Å². The number of rotatable bonds is 4. The van der Waals surface area contributed by atoms with Crippen LogP contribution in [0.1, 0.15) is 6.92 Å². The molecular weight excluding hydrogens is 297 g/mol. The molecule has 0 bridgehead atoms. The molecule has 0 saturated carbocycles. The summed E-state index contributed by atoms with van der Waals surface area (Å²) in [4.78, 5) is 12.8. The van der Waals surface area contributed by atoms with E-state index in [1.165, 1.54) is 23.9 Å². The van der Waals surface area contributed by atoms with Gasteiger partial charge in [0.2, 0.25) is 5.91 Å². The van der Waals surface area contributed by atoms with E-state index < -0.39 is 5.82 Å². The van der Waals surface area contributed by atoms with Crippen molar-refractivity contribution in [3.05, 3.63) is 59.4 Å². The number of hydrogen-bond donors (Lipinski definition) is 1. The molecule has 0 aliphatic heterocycles. The maximum atomic E-state index is 13.1. The van der Waals surface area contributed by atoms with Gasteiger partial charge in [0.25, 0.3) is 0 Å². The summed E-state index contributed by atoms with van der Waals surface area (Å²) in [5, 5.41) is 2.57. The standard InChI is InChI=1S/C15H13ClFNOS/c1-10(15(19)18-11-5-3-2-4-6-11)20-12-7-8-14(17)13(16)9-12/h2-10H,1H3,(H,18,19)/t10-/m0/s1. The number of carbonyl (C=O) groups is 1. The first-order chi connectivity index (χ1) is 9.56. The van der Waals surface area contributed by atoms with E-state index in [2.05, 4.69) is 5.32 Å². The van der Waals surface area contributed by atoms with E-state index >= 15 is 0 Å². The van der Waals surface area contributed by atoms with Gasteiger partial charge in [-0.05, 0) is 37.3 Å². The van der Waals surface area contributed by atoms with E-state index in [9.17, 15) is 9.18 Å². The summed E-state index contributed by atoms with van der Waals surface area (Å²) in [6.07, 6.45) is 0. The van der Waals surface area contributed by atoms with Gasteiger partial charge in [0.05, 0.1) is 10.3 Å². The molecule has 0 radical (unpaired) electrons. The molecule has 5 heteroatoms. The van der Waals surface area contributed by atoms with Crippen LogP contribution < -0.4 is 5.32 Å². The van der Waals surface area contributed by atoms with Crippen molar-refractivity contribution < 1.29 is 9.18 Å². The highest BCUT2D eigenvalue weighted by molar-refractivity contribution is 8.00. The number of para-hydroxylation sites is 1. The lowest BCUT2D eigenvalue weighted by Crippen LogP contribution is -2.22. The minimum absolute atomic E-state index is 0.0608. The molecule has 1 amide bonds. The first kappa shape index (κ1) is 14.9. The Morgan fingerprint density at radius 3 is 2.60 bits per heavy atom. The molecule has 0 saturated heterocycles. The van der Waals surface area contributed by atoms with E-state index in [1.54, 1.807) is 13.0 Å². The normalized spacial score (nSPS) is 11.9. The molecule has 1 atom stereocenters. The van der Waals surface area contributed by atoms with Gasteiger partial charge in [0, 0.05) is 10.6 Å². The second-order valence-corrected chi connectivity index (χ2v) is 6.01. The van der Waals surface area contributed by atoms with Gasteiger partial charge < -0.3 is 5.32 Å². The Balaban J connectivity index is 1.98. The number of amides is 1. The van der Waals surface area contributed by atoms with Crippen LogP contribution in [-0.4, -0.2) is 11.2 Å². The van der Waals surface area contributed by atoms with Crippen molar-refractivity contribution >= 4 is 35.0 Å². The van der Waals surface area contributed by atoms with Crippen molar-refractivity contribution in [1.82, 2.24) is 0 Å². The Bertz CT molecular complexity index is 606. The van der Waals surface area contributed by atoms with Gasteiger partial charge in [-0.3, -0.25) is 4.79 Å². The summed E-state index contributed by atoms with van der Waals surface area (Å²) in [5.41, 5.74) is 0.752. The number of thioether (sulfide) groups is 1. The number of benzene rings is 2. The van der Waals surface area contributed by atoms with Gasteiger partial charge in [0.1, 0.15) is 5.82 Å². The van der Waals surface area contributed by atoms with Gasteiger partial charge in [-0.2, -0.15) is 0 Å². The third-order valence-electron chi connectivity index (χ3n) is 2.61. The highest BCUT2D eigenvalue weighted by Crippen LogP contribution is 2.27. The third kappa shape index (κ3) is 3.99. The Morgan fingerprint density at radius 1 is 1.25 bits per heavy atom. The van der Waals surface area contributed by atoms with Gasteiger partial charge in [0.15, 0.2) is 0 Å². The van der Waals surface area contributed by atoms with Crippen molar-refractivity contribution in [1.29, 1.82) is 0 Å². The number of nitrogens with one attached hydrogen (secondary N) is 1. The summed E-state index contributed by atoms with van der Waals surface area (Å²) in [7, 11) is 0. The van der Waals surface area contributed by atoms with Crippen molar-refractivity contribution in [2.45, 2.75) is 17.1 Å². The molecule has 20 heavy (non-hydrogen) atoms. The molecule has 2 aromatic carbocycles. The first-order valence-corrected chi connectivity index (χ1v) is 7.29. The SMILES string of the molecule is C[C@H](Sc1ccc(F)c(Cl)c1)C(=O)Nc1ccccc1. The van der Waals surface area contributed by atoms with E-state index in [0.29, 0.717) is 0 Å². The lowest BCUT2D eigenvalue weighted by Gasteiger charge is -2.12. The molecule has 0 fully saturated rings. The third-order valence-corrected chi connectivity index (χ3v) is 4.00. The smallest absolute Gasteiger partial charge is 0.237 e. The van der Waals surface area contributed by atoms with Crippen molar-refractivity contribution in [3.63, 3.8) is 0 Å². The maximum absolute atomic E-state index is 13.1. The molecule has 0 unspecified atom stereocenters. The van der Waals surface area contributed by atoms with Crippen molar-refractivity contribution in [2.24, 2.45) is 0 Å². The molecule has 2 aromatic rings.